The second kappa shape index (κ2) is 33.9. The number of aliphatic hydroxyl groups is 23. The maximum atomic E-state index is 13.7. The molecule has 30 heterocycles. The number of carbonyl (C=O) groups excluding carboxylic acids is 1. The molecule has 30 aliphatic heterocycles. The van der Waals surface area contributed by atoms with Crippen molar-refractivity contribution >= 4 is 11.9 Å². The summed E-state index contributed by atoms with van der Waals surface area (Å²) in [6, 6.07) is 0. The van der Waals surface area contributed by atoms with Crippen molar-refractivity contribution in [2.24, 2.45) is 11.8 Å². The van der Waals surface area contributed by atoms with Crippen molar-refractivity contribution in [3.05, 3.63) is 0 Å². The normalized spacial score (nSPS) is 52.8. The van der Waals surface area contributed by atoms with E-state index in [-0.39, 0.29) is 12.8 Å². The Morgan fingerprint density at radius 1 is 0.253 bits per heavy atom. The van der Waals surface area contributed by atoms with Crippen LogP contribution in [0, 0.1) is 11.8 Å². The van der Waals surface area contributed by atoms with Crippen LogP contribution in [0.25, 0.3) is 0 Å². The molecule has 0 amide bonds. The van der Waals surface area contributed by atoms with Crippen molar-refractivity contribution < 1.29 is 213 Å². The van der Waals surface area contributed by atoms with E-state index in [4.69, 9.17) is 80.5 Å². The zero-order valence-corrected chi connectivity index (χ0v) is 52.2. The third-order valence-corrected chi connectivity index (χ3v) is 19.5. The van der Waals surface area contributed by atoms with E-state index in [2.05, 4.69) is 0 Å². The molecule has 31 aliphatic rings. The molecule has 42 atom stereocenters. The summed E-state index contributed by atoms with van der Waals surface area (Å²) in [5, 5.41) is 268. The van der Waals surface area contributed by atoms with Gasteiger partial charge in [0.05, 0.1) is 58.1 Å². The number of carbonyl (C=O) groups is 2. The van der Waals surface area contributed by atoms with Gasteiger partial charge in [-0.15, -0.1) is 0 Å². The minimum atomic E-state index is -2.37. The highest BCUT2D eigenvalue weighted by Gasteiger charge is 2.61. The van der Waals surface area contributed by atoms with Gasteiger partial charge in [-0.05, 0) is 12.8 Å². The lowest BCUT2D eigenvalue weighted by Crippen LogP contribution is -2.69. The number of ether oxygens (including phenoxy) is 17. The molecule has 0 aromatic carbocycles. The summed E-state index contributed by atoms with van der Waals surface area (Å²) in [6.07, 6.45) is -83.4. The summed E-state index contributed by atoms with van der Waals surface area (Å²) in [6.45, 7) is -8.84. The van der Waals surface area contributed by atoms with E-state index in [9.17, 15) is 132 Å². The molecule has 99 heavy (non-hydrogen) atoms. The first-order valence-electron chi connectivity index (χ1n) is 32.2. The summed E-state index contributed by atoms with van der Waals surface area (Å²) in [4.78, 5) is 25.9. The van der Waals surface area contributed by atoms with Gasteiger partial charge in [-0.1, -0.05) is 12.8 Å². The van der Waals surface area contributed by atoms with Gasteiger partial charge in [-0.3, -0.25) is 9.59 Å². The van der Waals surface area contributed by atoms with Crippen LogP contribution in [0.1, 0.15) is 25.7 Å². The van der Waals surface area contributed by atoms with E-state index in [1.807, 2.05) is 0 Å². The summed E-state index contributed by atoms with van der Waals surface area (Å²) in [5.41, 5.74) is 0. The molecule has 2 unspecified atom stereocenters. The molecule has 1 saturated carbocycles. The van der Waals surface area contributed by atoms with Crippen molar-refractivity contribution in [3.8, 4) is 0 Å². The van der Waals surface area contributed by atoms with E-state index in [0.717, 1.165) is 0 Å². The van der Waals surface area contributed by atoms with Crippen LogP contribution < -0.4 is 0 Å². The van der Waals surface area contributed by atoms with Crippen LogP contribution in [0.4, 0.5) is 0 Å². The van der Waals surface area contributed by atoms with E-state index < -0.39 is 322 Å². The van der Waals surface area contributed by atoms with Gasteiger partial charge in [-0.2, -0.15) is 0 Å². The fraction of sp³-hybridized carbons (Fsp3) is 0.964. The smallest absolute Gasteiger partial charge is 0.309 e. The quantitative estimate of drug-likeness (QED) is 0.0854. The van der Waals surface area contributed by atoms with Crippen LogP contribution in [0.2, 0.25) is 0 Å². The Morgan fingerprint density at radius 3 is 0.606 bits per heavy atom. The minimum Gasteiger partial charge on any atom is -0.481 e. The largest absolute Gasteiger partial charge is 0.481 e. The molecule has 0 aromatic heterocycles. The number of hydrogen-bond acceptors (Lipinski definition) is 42. The molecule has 24 N–H and O–H groups in total. The highest BCUT2D eigenvalue weighted by molar-refractivity contribution is 5.81. The van der Waals surface area contributed by atoms with Gasteiger partial charge >= 0.3 is 11.9 Å². The van der Waals surface area contributed by atoms with Crippen molar-refractivity contribution in [2.75, 3.05) is 52.9 Å². The van der Waals surface area contributed by atoms with Crippen LogP contribution in [-0.2, 0) is 90.1 Å². The molecule has 43 heteroatoms. The molecule has 0 aromatic rings. The second-order valence-corrected chi connectivity index (χ2v) is 25.7. The Hall–Kier alpha value is -2.62. The molecule has 43 nitrogen and oxygen atoms in total. The highest BCUT2D eigenvalue weighted by atomic mass is 16.8. The highest BCUT2D eigenvalue weighted by Crippen LogP contribution is 2.41. The molecular weight excluding hydrogens is 1360 g/mol. The minimum absolute atomic E-state index is 0.0605. The van der Waals surface area contributed by atoms with Crippen molar-refractivity contribution in [1.29, 1.82) is 0 Å². The molecule has 30 saturated heterocycles. The molecule has 31 fully saturated rings. The van der Waals surface area contributed by atoms with Gasteiger partial charge < -0.3 is 203 Å². The molecule has 0 spiro atoms. The van der Waals surface area contributed by atoms with Gasteiger partial charge in [0.2, 0.25) is 0 Å². The lowest BCUT2D eigenvalue weighted by Gasteiger charge is -2.50. The van der Waals surface area contributed by atoms with Gasteiger partial charge in [0, 0.05) is 0 Å². The Morgan fingerprint density at radius 2 is 0.424 bits per heavy atom. The first-order chi connectivity index (χ1) is 47.1. The maximum Gasteiger partial charge on any atom is 0.309 e. The molecule has 572 valence electrons. The van der Waals surface area contributed by atoms with Crippen LogP contribution in [0.15, 0.2) is 0 Å². The standard InChI is InChI=1S/C56H90O43/c57-5-15-39-23(64)31(72)49(84-15)93-40-16(6-58)86-51(33(74)25(40)66)95-42-18(8-60)88-53(35(76)27(42)68)97-44-20(10-62)90-55(37(78)29(44)70)99-46-22(12-83-48(82)14-4-2-1-3-13(14)47(80)81)91-56(38(79)30(46)71)98-45-21(11-63)89-54(36(77)28(45)69)96-43-19(9-61)87-52(34(75)26(43)67)94-41-17(7-59)85-50(92-39)32(73)24(41)65/h13-46,49-79H,1-12H2,(H,80,81)/t13?,14?,15-,16-,17-,18-,19-,20-,21-,22-,23-,24-,25-,26-,27-,28-,29-,30-,31-,32-,33-,34-,35-,36-,37-,38-,39-,40-,41-,42-,43-,44-,45-,46-,49-,50-,51-,52-,53-,54-,55-,56-/m1/s1. The molecule has 16 bridgehead atoms. The third kappa shape index (κ3) is 16.1. The monoisotopic (exact) mass is 1450 g/mol. The number of rotatable bonds is 11. The van der Waals surface area contributed by atoms with Crippen LogP contribution in [-0.4, -0.2) is 433 Å². The average molecular weight is 1450 g/mol. The van der Waals surface area contributed by atoms with Gasteiger partial charge in [0.1, 0.15) is 202 Å². The summed E-state index contributed by atoms with van der Waals surface area (Å²) >= 11 is 0. The van der Waals surface area contributed by atoms with E-state index in [0.29, 0.717) is 12.8 Å². The lowest BCUT2D eigenvalue weighted by atomic mass is 9.79. The predicted octanol–water partition coefficient (Wildman–Crippen LogP) is -16.0. The molecule has 0 radical (unpaired) electrons. The number of aliphatic hydroxyl groups excluding tert-OH is 23. The molecular formula is C56H90O43. The zero-order chi connectivity index (χ0) is 71.9. The number of carboxylic acids is 1. The molecule has 31 rings (SSSR count). The SMILES string of the molecule is O=C(O)C1CCCCC1C(=O)OC[C@H]1O[C@@H]2O[C@H]3[C@H](O)[C@@H](O)[C@@H](O[C@H]4[C@H](O)[C@@H](O)[C@@H](O[C@H]5[C@H](O)[C@@H](O)[C@@H](O[C@H]6[C@H](O)[C@@H](O)[C@@H](O[C@H]7[C@H](O)[C@@H](O)[C@@H](O[C@H]8[C@H](O)[C@@H](O)[C@@H](O[C@H]9[C@H](O)[C@@H](O)[C@@H](O[C@H]1[C@H](O)[C@H]2O)O[C@@H]9CO)O[C@@H]8CO)O[C@@H]7CO)O[C@@H]6CO)O[C@@H]5CO)O[C@@H]4CO)O[C@@H]3CO. The fourth-order valence-corrected chi connectivity index (χ4v) is 13.9. The Bertz CT molecular complexity index is 2540. The van der Waals surface area contributed by atoms with E-state index in [1.165, 1.54) is 0 Å². The van der Waals surface area contributed by atoms with Crippen LogP contribution in [0.5, 0.6) is 0 Å². The zero-order valence-electron chi connectivity index (χ0n) is 52.2. The van der Waals surface area contributed by atoms with E-state index >= 15 is 0 Å². The van der Waals surface area contributed by atoms with Crippen molar-refractivity contribution in [3.63, 3.8) is 0 Å². The molecule has 1 aliphatic carbocycles. The van der Waals surface area contributed by atoms with Gasteiger partial charge in [0.15, 0.2) is 50.3 Å². The van der Waals surface area contributed by atoms with E-state index in [1.54, 1.807) is 0 Å². The number of hydrogen-bond donors (Lipinski definition) is 24. The lowest BCUT2D eigenvalue weighted by molar-refractivity contribution is -0.404. The Kier molecular flexibility index (Phi) is 27.0. The third-order valence-electron chi connectivity index (χ3n) is 19.5. The first-order valence-corrected chi connectivity index (χ1v) is 32.2. The summed E-state index contributed by atoms with van der Waals surface area (Å²) in [5.74, 6) is -4.81. The van der Waals surface area contributed by atoms with Gasteiger partial charge in [-0.25, -0.2) is 0 Å². The topological polar surface area (TPSA) is 677 Å². The first kappa shape index (κ1) is 79.0. The second-order valence-electron chi connectivity index (χ2n) is 25.7. The Labute approximate surface area is 559 Å². The van der Waals surface area contributed by atoms with Crippen molar-refractivity contribution in [2.45, 2.75) is 271 Å². The van der Waals surface area contributed by atoms with Crippen LogP contribution in [0.3, 0.4) is 0 Å². The predicted molar refractivity (Wildman–Crippen MR) is 298 cm³/mol. The fourth-order valence-electron chi connectivity index (χ4n) is 13.9. The number of aliphatic carboxylic acids is 1. The van der Waals surface area contributed by atoms with Gasteiger partial charge in [0.25, 0.3) is 0 Å². The number of carboxylic acid groups (broad SMARTS) is 1. The van der Waals surface area contributed by atoms with Crippen molar-refractivity contribution in [1.82, 2.24) is 0 Å². The Balaban J connectivity index is 0.932. The number of esters is 1. The van der Waals surface area contributed by atoms with Crippen LogP contribution >= 0.6 is 0 Å². The summed E-state index contributed by atoms with van der Waals surface area (Å²) in [7, 11) is 0. The average Bonchev–Trinajstić information content (AvgIpc) is 0.777. The summed E-state index contributed by atoms with van der Waals surface area (Å²) < 4.78 is 97.9. The maximum absolute atomic E-state index is 13.7.